The smallest absolute Gasteiger partial charge is 0.416 e. The number of nitrogens with zero attached hydrogens (tertiary/aromatic N) is 3. The minimum Gasteiger partial charge on any atom is -0.497 e. The van der Waals surface area contributed by atoms with Gasteiger partial charge >= 0.3 is 12.4 Å². The summed E-state index contributed by atoms with van der Waals surface area (Å²) in [5, 5.41) is 7.22. The van der Waals surface area contributed by atoms with Gasteiger partial charge in [-0.1, -0.05) is 30.3 Å². The Morgan fingerprint density at radius 2 is 1.48 bits per heavy atom. The zero-order valence-electron chi connectivity index (χ0n) is 22.3. The van der Waals surface area contributed by atoms with E-state index in [9.17, 15) is 35.9 Å². The molecule has 0 saturated heterocycles. The maximum atomic E-state index is 13.3. The topological polar surface area (TPSA) is 76.5 Å². The highest BCUT2D eigenvalue weighted by atomic mass is 19.4. The quantitative estimate of drug-likeness (QED) is 0.232. The van der Waals surface area contributed by atoms with Crippen LogP contribution in [0.15, 0.2) is 78.9 Å². The number of amides is 2. The Morgan fingerprint density at radius 1 is 0.881 bits per heavy atom. The first-order chi connectivity index (χ1) is 19.8. The fraction of sp³-hybridized carbons (Fsp3) is 0.207. The van der Waals surface area contributed by atoms with Gasteiger partial charge in [-0.2, -0.15) is 31.4 Å². The Hall–Kier alpha value is -4.81. The second-order valence-corrected chi connectivity index (χ2v) is 9.05. The van der Waals surface area contributed by atoms with E-state index in [2.05, 4.69) is 10.4 Å². The molecule has 2 amide bonds. The van der Waals surface area contributed by atoms with Crippen molar-refractivity contribution < 1.29 is 40.7 Å². The Kier molecular flexibility index (Phi) is 8.59. The SMILES string of the molecule is CCN(CC(=O)Nc1cc(-c2ccccc2)nn1-c1ccc(OC)cc1)C(=O)c1cc(C(F)(F)F)cc(C(F)(F)F)c1. The van der Waals surface area contributed by atoms with Crippen molar-refractivity contribution in [3.63, 3.8) is 0 Å². The van der Waals surface area contributed by atoms with Crippen LogP contribution in [0.25, 0.3) is 16.9 Å². The molecule has 0 atom stereocenters. The molecule has 1 aromatic heterocycles. The van der Waals surface area contributed by atoms with Crippen LogP contribution in [0, 0.1) is 0 Å². The van der Waals surface area contributed by atoms with Crippen LogP contribution in [0.4, 0.5) is 32.2 Å². The average Bonchev–Trinajstić information content (AvgIpc) is 3.38. The van der Waals surface area contributed by atoms with Crippen molar-refractivity contribution >= 4 is 17.6 Å². The molecule has 220 valence electrons. The zero-order valence-corrected chi connectivity index (χ0v) is 22.3. The highest BCUT2D eigenvalue weighted by Crippen LogP contribution is 2.36. The molecule has 4 aromatic rings. The summed E-state index contributed by atoms with van der Waals surface area (Å²) in [6.45, 7) is 0.622. The number of halogens is 6. The van der Waals surface area contributed by atoms with E-state index in [0.717, 1.165) is 10.5 Å². The van der Waals surface area contributed by atoms with Gasteiger partial charge in [0.25, 0.3) is 5.91 Å². The van der Waals surface area contributed by atoms with E-state index in [1.807, 2.05) is 30.3 Å². The number of anilines is 1. The number of aromatic nitrogens is 2. The molecule has 42 heavy (non-hydrogen) atoms. The number of likely N-dealkylation sites (N-methyl/N-ethyl adjacent to an activating group) is 1. The number of benzene rings is 3. The number of hydrogen-bond donors (Lipinski definition) is 1. The summed E-state index contributed by atoms with van der Waals surface area (Å²) in [5.41, 5.74) is -2.29. The van der Waals surface area contributed by atoms with E-state index in [-0.39, 0.29) is 18.4 Å². The molecule has 0 unspecified atom stereocenters. The van der Waals surface area contributed by atoms with Gasteiger partial charge in [0.05, 0.1) is 29.6 Å². The number of carbonyl (C=O) groups is 2. The fourth-order valence-corrected chi connectivity index (χ4v) is 4.08. The summed E-state index contributed by atoms with van der Waals surface area (Å²) in [7, 11) is 1.51. The highest BCUT2D eigenvalue weighted by molar-refractivity contribution is 5.99. The molecule has 4 rings (SSSR count). The van der Waals surface area contributed by atoms with E-state index in [0.29, 0.717) is 29.3 Å². The Morgan fingerprint density at radius 3 is 2.00 bits per heavy atom. The van der Waals surface area contributed by atoms with Crippen LogP contribution in [0.5, 0.6) is 5.75 Å². The number of ether oxygens (including phenoxy) is 1. The molecule has 0 spiro atoms. The van der Waals surface area contributed by atoms with Gasteiger partial charge in [0.2, 0.25) is 5.91 Å². The number of carbonyl (C=O) groups excluding carboxylic acids is 2. The maximum absolute atomic E-state index is 13.3. The van der Waals surface area contributed by atoms with Crippen molar-refractivity contribution in [3.8, 4) is 22.7 Å². The third-order valence-corrected chi connectivity index (χ3v) is 6.20. The summed E-state index contributed by atoms with van der Waals surface area (Å²) >= 11 is 0. The van der Waals surface area contributed by atoms with Crippen molar-refractivity contribution in [1.29, 1.82) is 0 Å². The molecule has 0 bridgehead atoms. The van der Waals surface area contributed by atoms with E-state index in [1.165, 1.54) is 18.7 Å². The van der Waals surface area contributed by atoms with Crippen molar-refractivity contribution in [3.05, 3.63) is 95.6 Å². The molecule has 1 heterocycles. The largest absolute Gasteiger partial charge is 0.497 e. The highest BCUT2D eigenvalue weighted by Gasteiger charge is 2.38. The van der Waals surface area contributed by atoms with Crippen LogP contribution in [-0.2, 0) is 17.1 Å². The molecule has 0 fully saturated rings. The van der Waals surface area contributed by atoms with Gasteiger partial charge in [0, 0.05) is 23.7 Å². The van der Waals surface area contributed by atoms with E-state index in [1.54, 1.807) is 30.3 Å². The van der Waals surface area contributed by atoms with E-state index >= 15 is 0 Å². The normalized spacial score (nSPS) is 11.7. The van der Waals surface area contributed by atoms with Gasteiger partial charge in [-0.15, -0.1) is 0 Å². The van der Waals surface area contributed by atoms with Crippen LogP contribution in [0.1, 0.15) is 28.4 Å². The second-order valence-electron chi connectivity index (χ2n) is 9.05. The van der Waals surface area contributed by atoms with Gasteiger partial charge in [-0.05, 0) is 49.4 Å². The van der Waals surface area contributed by atoms with Crippen molar-refractivity contribution in [2.24, 2.45) is 0 Å². The van der Waals surface area contributed by atoms with Gasteiger partial charge < -0.3 is 15.0 Å². The number of alkyl halides is 6. The second kappa shape index (κ2) is 12.0. The van der Waals surface area contributed by atoms with Gasteiger partial charge in [-0.3, -0.25) is 9.59 Å². The molecular formula is C29H24F6N4O3. The van der Waals surface area contributed by atoms with E-state index < -0.39 is 47.4 Å². The lowest BCUT2D eigenvalue weighted by Crippen LogP contribution is -2.38. The van der Waals surface area contributed by atoms with Crippen LogP contribution in [-0.4, -0.2) is 46.7 Å². The van der Waals surface area contributed by atoms with Crippen molar-refractivity contribution in [1.82, 2.24) is 14.7 Å². The zero-order chi connectivity index (χ0) is 30.7. The maximum Gasteiger partial charge on any atom is 0.416 e. The first-order valence-electron chi connectivity index (χ1n) is 12.5. The fourth-order valence-electron chi connectivity index (χ4n) is 4.08. The molecule has 3 aromatic carbocycles. The lowest BCUT2D eigenvalue weighted by atomic mass is 10.0. The molecule has 0 radical (unpaired) electrons. The Balaban J connectivity index is 1.62. The van der Waals surface area contributed by atoms with Crippen LogP contribution in [0.3, 0.4) is 0 Å². The standard InChI is InChI=1S/C29H24F6N4O3/c1-3-38(27(41)19-13-20(28(30,31)32)15-21(14-19)29(33,34)35)17-26(40)36-25-16-24(18-7-5-4-6-8-18)37-39(25)22-9-11-23(42-2)12-10-22/h4-16H,3,17H2,1-2H3,(H,36,40). The first-order valence-corrected chi connectivity index (χ1v) is 12.5. The minimum atomic E-state index is -5.12. The summed E-state index contributed by atoms with van der Waals surface area (Å²) in [6.07, 6.45) is -10.2. The van der Waals surface area contributed by atoms with Gasteiger partial charge in [0.15, 0.2) is 0 Å². The summed E-state index contributed by atoms with van der Waals surface area (Å²) < 4.78 is 86.5. The monoisotopic (exact) mass is 590 g/mol. The van der Waals surface area contributed by atoms with Crippen LogP contribution in [0.2, 0.25) is 0 Å². The lowest BCUT2D eigenvalue weighted by Gasteiger charge is -2.22. The Labute approximate surface area is 236 Å². The third-order valence-electron chi connectivity index (χ3n) is 6.20. The van der Waals surface area contributed by atoms with Crippen LogP contribution >= 0.6 is 0 Å². The minimum absolute atomic E-state index is 0.0651. The number of rotatable bonds is 8. The first kappa shape index (κ1) is 30.2. The predicted molar refractivity (Wildman–Crippen MR) is 142 cm³/mol. The summed E-state index contributed by atoms with van der Waals surface area (Å²) in [5.74, 6) is -1.12. The molecular weight excluding hydrogens is 566 g/mol. The number of hydrogen-bond acceptors (Lipinski definition) is 4. The molecule has 0 aliphatic rings. The molecule has 1 N–H and O–H groups in total. The van der Waals surface area contributed by atoms with E-state index in [4.69, 9.17) is 4.74 Å². The van der Waals surface area contributed by atoms with Crippen molar-refractivity contribution in [2.45, 2.75) is 19.3 Å². The Bertz CT molecular complexity index is 1530. The number of nitrogens with one attached hydrogen (secondary N) is 1. The third kappa shape index (κ3) is 6.90. The van der Waals surface area contributed by atoms with Crippen LogP contribution < -0.4 is 10.1 Å². The molecule has 0 aliphatic carbocycles. The lowest BCUT2D eigenvalue weighted by molar-refractivity contribution is -0.143. The predicted octanol–water partition coefficient (Wildman–Crippen LogP) is 6.69. The molecule has 0 aliphatic heterocycles. The van der Waals surface area contributed by atoms with Gasteiger partial charge in [-0.25, -0.2) is 4.68 Å². The summed E-state index contributed by atoms with van der Waals surface area (Å²) in [6, 6.07) is 18.0. The molecule has 13 heteroatoms. The molecule has 0 saturated carbocycles. The number of methoxy groups -OCH3 is 1. The molecule has 7 nitrogen and oxygen atoms in total. The van der Waals surface area contributed by atoms with Gasteiger partial charge in [0.1, 0.15) is 18.1 Å². The van der Waals surface area contributed by atoms with Crippen molar-refractivity contribution in [2.75, 3.05) is 25.5 Å². The summed E-state index contributed by atoms with van der Waals surface area (Å²) in [4.78, 5) is 27.0. The average molecular weight is 591 g/mol.